The summed E-state index contributed by atoms with van der Waals surface area (Å²) in [5, 5.41) is 3.58. The van der Waals surface area contributed by atoms with Crippen molar-refractivity contribution in [2.45, 2.75) is 57.7 Å². The average molecular weight is 174 g/mol. The Hall–Kier alpha value is -0.120. The Bertz CT molecular complexity index is 139. The van der Waals surface area contributed by atoms with Crippen LogP contribution in [0.3, 0.4) is 0 Å². The highest BCUT2D eigenvalue weighted by molar-refractivity contribution is 4.98. The third-order valence-electron chi connectivity index (χ3n) is 2.22. The van der Waals surface area contributed by atoms with Crippen molar-refractivity contribution in [1.29, 1.82) is 0 Å². The SMILES string of the molecule is CC1(C)CC(N)CC(C)(C)N1.O. The number of nitrogens with one attached hydrogen (secondary N) is 1. The first kappa shape index (κ1) is 11.9. The second-order valence-electron chi connectivity index (χ2n) is 5.06. The van der Waals surface area contributed by atoms with E-state index in [0.717, 1.165) is 12.8 Å². The lowest BCUT2D eigenvalue weighted by molar-refractivity contribution is 0.163. The van der Waals surface area contributed by atoms with Gasteiger partial charge in [0, 0.05) is 17.1 Å². The van der Waals surface area contributed by atoms with Gasteiger partial charge in [0.25, 0.3) is 0 Å². The Labute approximate surface area is 75.0 Å². The quantitative estimate of drug-likeness (QED) is 0.559. The maximum absolute atomic E-state index is 5.95. The molecule has 0 atom stereocenters. The maximum atomic E-state index is 5.95. The molecule has 0 bridgehead atoms. The summed E-state index contributed by atoms with van der Waals surface area (Å²) in [4.78, 5) is 0. The molecule has 5 N–H and O–H groups in total. The lowest BCUT2D eigenvalue weighted by Crippen LogP contribution is -2.60. The molecule has 0 amide bonds. The summed E-state index contributed by atoms with van der Waals surface area (Å²) in [6.45, 7) is 8.86. The molecule has 1 rings (SSSR count). The molecule has 0 saturated carbocycles. The number of rotatable bonds is 0. The molecule has 0 aromatic heterocycles. The van der Waals surface area contributed by atoms with E-state index >= 15 is 0 Å². The third-order valence-corrected chi connectivity index (χ3v) is 2.22. The van der Waals surface area contributed by atoms with E-state index in [1.54, 1.807) is 0 Å². The number of hydrogen-bond acceptors (Lipinski definition) is 2. The Kier molecular flexibility index (Phi) is 3.29. The van der Waals surface area contributed by atoms with Crippen LogP contribution in [0.15, 0.2) is 0 Å². The number of hydrogen-bond donors (Lipinski definition) is 2. The zero-order valence-electron chi connectivity index (χ0n) is 8.57. The first-order valence-corrected chi connectivity index (χ1v) is 4.36. The molecule has 0 unspecified atom stereocenters. The van der Waals surface area contributed by atoms with E-state index in [2.05, 4.69) is 33.0 Å². The summed E-state index contributed by atoms with van der Waals surface area (Å²) in [6.07, 6.45) is 2.16. The van der Waals surface area contributed by atoms with Crippen molar-refractivity contribution in [2.24, 2.45) is 5.73 Å². The first-order chi connectivity index (χ1) is 4.81. The van der Waals surface area contributed by atoms with E-state index < -0.39 is 0 Å². The van der Waals surface area contributed by atoms with Crippen LogP contribution in [-0.2, 0) is 0 Å². The van der Waals surface area contributed by atoms with Crippen molar-refractivity contribution in [3.8, 4) is 0 Å². The summed E-state index contributed by atoms with van der Waals surface area (Å²) in [5.41, 5.74) is 6.36. The van der Waals surface area contributed by atoms with Crippen LogP contribution in [0.1, 0.15) is 40.5 Å². The summed E-state index contributed by atoms with van der Waals surface area (Å²) >= 11 is 0. The fourth-order valence-electron chi connectivity index (χ4n) is 2.40. The lowest BCUT2D eigenvalue weighted by Gasteiger charge is -2.45. The molecule has 3 nitrogen and oxygen atoms in total. The zero-order valence-corrected chi connectivity index (χ0v) is 8.57. The van der Waals surface area contributed by atoms with Crippen LogP contribution in [0.5, 0.6) is 0 Å². The van der Waals surface area contributed by atoms with E-state index in [1.165, 1.54) is 0 Å². The standard InChI is InChI=1S/C9H20N2.H2O/c1-8(2)5-7(10)6-9(3,4)11-8;/h7,11H,5-6,10H2,1-4H3;1H2. The molecule has 0 aliphatic carbocycles. The van der Waals surface area contributed by atoms with E-state index in [0.29, 0.717) is 6.04 Å². The smallest absolute Gasteiger partial charge is 0.0144 e. The molecule has 1 fully saturated rings. The summed E-state index contributed by atoms with van der Waals surface area (Å²) in [5.74, 6) is 0. The van der Waals surface area contributed by atoms with Crippen molar-refractivity contribution in [1.82, 2.24) is 5.32 Å². The van der Waals surface area contributed by atoms with Gasteiger partial charge in [0.1, 0.15) is 0 Å². The lowest BCUT2D eigenvalue weighted by atomic mass is 9.80. The summed E-state index contributed by atoms with van der Waals surface area (Å²) in [7, 11) is 0. The van der Waals surface area contributed by atoms with Crippen LogP contribution in [-0.4, -0.2) is 22.6 Å². The van der Waals surface area contributed by atoms with Gasteiger partial charge in [0.2, 0.25) is 0 Å². The Morgan fingerprint density at radius 1 is 1.08 bits per heavy atom. The number of piperidine rings is 1. The summed E-state index contributed by atoms with van der Waals surface area (Å²) in [6, 6.07) is 0.362. The van der Waals surface area contributed by atoms with Crippen LogP contribution in [0.2, 0.25) is 0 Å². The van der Waals surface area contributed by atoms with Crippen molar-refractivity contribution in [2.75, 3.05) is 0 Å². The second kappa shape index (κ2) is 3.32. The van der Waals surface area contributed by atoms with Gasteiger partial charge in [-0.2, -0.15) is 0 Å². The van der Waals surface area contributed by atoms with Crippen molar-refractivity contribution in [3.05, 3.63) is 0 Å². The van der Waals surface area contributed by atoms with Gasteiger partial charge in [-0.25, -0.2) is 0 Å². The minimum absolute atomic E-state index is 0. The molecule has 12 heavy (non-hydrogen) atoms. The van der Waals surface area contributed by atoms with Crippen molar-refractivity contribution >= 4 is 0 Å². The molecule has 0 spiro atoms. The molecule has 0 radical (unpaired) electrons. The van der Waals surface area contributed by atoms with Crippen LogP contribution in [0.25, 0.3) is 0 Å². The van der Waals surface area contributed by atoms with Crippen molar-refractivity contribution in [3.63, 3.8) is 0 Å². The van der Waals surface area contributed by atoms with Gasteiger partial charge in [0.15, 0.2) is 0 Å². The molecule has 1 saturated heterocycles. The second-order valence-corrected chi connectivity index (χ2v) is 5.06. The van der Waals surface area contributed by atoms with Crippen LogP contribution >= 0.6 is 0 Å². The van der Waals surface area contributed by atoms with Gasteiger partial charge in [-0.3, -0.25) is 0 Å². The molecule has 0 aromatic carbocycles. The predicted molar refractivity (Wildman–Crippen MR) is 52.1 cm³/mol. The minimum Gasteiger partial charge on any atom is -0.412 e. The van der Waals surface area contributed by atoms with Gasteiger partial charge in [-0.1, -0.05) is 0 Å². The van der Waals surface area contributed by atoms with Crippen molar-refractivity contribution < 1.29 is 5.48 Å². The molecular weight excluding hydrogens is 152 g/mol. The fraction of sp³-hybridized carbons (Fsp3) is 1.00. The molecule has 1 aliphatic heterocycles. The Morgan fingerprint density at radius 2 is 1.42 bits per heavy atom. The van der Waals surface area contributed by atoms with Crippen LogP contribution in [0, 0.1) is 0 Å². The maximum Gasteiger partial charge on any atom is 0.0144 e. The van der Waals surface area contributed by atoms with E-state index in [4.69, 9.17) is 5.73 Å². The molecule has 1 heterocycles. The molecule has 3 heteroatoms. The van der Waals surface area contributed by atoms with Gasteiger partial charge in [-0.05, 0) is 40.5 Å². The zero-order chi connectivity index (χ0) is 8.70. The van der Waals surface area contributed by atoms with Gasteiger partial charge in [0.05, 0.1) is 0 Å². The van der Waals surface area contributed by atoms with Gasteiger partial charge >= 0.3 is 0 Å². The molecule has 74 valence electrons. The predicted octanol–water partition coefficient (Wildman–Crippen LogP) is 0.430. The van der Waals surface area contributed by atoms with Gasteiger partial charge < -0.3 is 16.5 Å². The summed E-state index contributed by atoms with van der Waals surface area (Å²) < 4.78 is 0. The first-order valence-electron chi connectivity index (χ1n) is 4.36. The Morgan fingerprint density at radius 3 is 1.67 bits per heavy atom. The van der Waals surface area contributed by atoms with E-state index in [-0.39, 0.29) is 16.6 Å². The molecular formula is C9H22N2O. The largest absolute Gasteiger partial charge is 0.412 e. The highest BCUT2D eigenvalue weighted by Gasteiger charge is 2.35. The highest BCUT2D eigenvalue weighted by Crippen LogP contribution is 2.26. The number of nitrogens with two attached hydrogens (primary N) is 1. The molecule has 0 aromatic rings. The van der Waals surface area contributed by atoms with Gasteiger partial charge in [-0.15, -0.1) is 0 Å². The fourth-order valence-corrected chi connectivity index (χ4v) is 2.40. The van der Waals surface area contributed by atoms with Crippen LogP contribution < -0.4 is 11.1 Å². The van der Waals surface area contributed by atoms with E-state index in [1.807, 2.05) is 0 Å². The molecule has 1 aliphatic rings. The monoisotopic (exact) mass is 174 g/mol. The third kappa shape index (κ3) is 3.09. The highest BCUT2D eigenvalue weighted by atomic mass is 16.0. The van der Waals surface area contributed by atoms with E-state index in [9.17, 15) is 0 Å². The topological polar surface area (TPSA) is 69.5 Å². The Balaban J connectivity index is 0.00000121. The van der Waals surface area contributed by atoms with Crippen LogP contribution in [0.4, 0.5) is 0 Å². The normalized spacial score (nSPS) is 27.8. The average Bonchev–Trinajstić information content (AvgIpc) is 1.49. The minimum atomic E-state index is 0.